The number of nitrogens with one attached hydrogen (secondary N) is 2. The fourth-order valence-electron chi connectivity index (χ4n) is 5.20. The third-order valence-electron chi connectivity index (χ3n) is 6.95. The van der Waals surface area contributed by atoms with Gasteiger partial charge in [-0.15, -0.1) is 0 Å². The van der Waals surface area contributed by atoms with Crippen LogP contribution in [-0.2, 0) is 14.4 Å². The molecule has 2 saturated heterocycles. The quantitative estimate of drug-likeness (QED) is 0.231. The number of urea groups is 1. The Morgan fingerprint density at radius 2 is 1.76 bits per heavy atom. The molecule has 0 aromatic heterocycles. The lowest BCUT2D eigenvalue weighted by Crippen LogP contribution is -2.57. The number of anilines is 1. The average molecular weight is 505 g/mol. The fourth-order valence-corrected chi connectivity index (χ4v) is 5.20. The number of ketones is 1. The van der Waals surface area contributed by atoms with Gasteiger partial charge in [0.15, 0.2) is 5.78 Å². The zero-order valence-electron chi connectivity index (χ0n) is 20.2. The van der Waals surface area contributed by atoms with E-state index in [1.165, 1.54) is 31.2 Å². The van der Waals surface area contributed by atoms with Crippen molar-refractivity contribution in [3.63, 3.8) is 0 Å². The number of hydrogen-bond acceptors (Lipinski definition) is 6. The summed E-state index contributed by atoms with van der Waals surface area (Å²) in [5, 5.41) is 15.9. The number of carboxylic acids is 1. The maximum absolute atomic E-state index is 13.7. The molecule has 2 aromatic carbocycles. The summed E-state index contributed by atoms with van der Waals surface area (Å²) in [6, 6.07) is 13.9. The highest BCUT2D eigenvalue weighted by atomic mass is 16.4. The number of rotatable bonds is 9. The third-order valence-corrected chi connectivity index (χ3v) is 6.95. The highest BCUT2D eigenvalue weighted by Gasteiger charge is 2.67. The number of nitrogens with two attached hydrogens (primary N) is 1. The first kappa shape index (κ1) is 25.8. The summed E-state index contributed by atoms with van der Waals surface area (Å²) in [5.41, 5.74) is 4.93. The maximum atomic E-state index is 13.7. The van der Waals surface area contributed by atoms with Gasteiger partial charge in [-0.1, -0.05) is 42.5 Å². The lowest BCUT2D eigenvalue weighted by molar-refractivity contribution is -0.149. The number of hydrogen-bond donors (Lipinski definition) is 4. The minimum atomic E-state index is -1.74. The molecule has 0 aliphatic carbocycles. The van der Waals surface area contributed by atoms with Crippen LogP contribution in [0.15, 0.2) is 60.7 Å². The molecule has 4 rings (SSSR count). The summed E-state index contributed by atoms with van der Waals surface area (Å²) in [4.78, 5) is 63.8. The van der Waals surface area contributed by atoms with Crippen LogP contribution in [0.4, 0.5) is 10.5 Å². The predicted octanol–water partition coefficient (Wildman–Crippen LogP) is 1.95. The number of aliphatic carboxylic acids is 1. The van der Waals surface area contributed by atoms with Crippen LogP contribution < -0.4 is 21.3 Å². The molecule has 0 bridgehead atoms. The van der Waals surface area contributed by atoms with Gasteiger partial charge in [0.2, 0.25) is 11.8 Å². The standard InChI is InChI=1S/C27H28N4O6/c1-16(32)18-9-11-19(12-10-18)31-23(33)21-20(13-8-17-6-3-2-4-7-17)30-27(25(35)36,22(21)24(31)34)14-5-15-29-26(28)37/h2-4,6-13,20-22,30H,5,14-15H2,1H3,(H,35,36)(H3,28,29,37). The second kappa shape index (κ2) is 10.4. The van der Waals surface area contributed by atoms with Gasteiger partial charge in [-0.3, -0.25) is 24.5 Å². The average Bonchev–Trinajstić information content (AvgIpc) is 3.34. The summed E-state index contributed by atoms with van der Waals surface area (Å²) in [6.45, 7) is 1.53. The summed E-state index contributed by atoms with van der Waals surface area (Å²) in [5.74, 6) is -4.69. The molecule has 2 aliphatic heterocycles. The lowest BCUT2D eigenvalue weighted by atomic mass is 9.77. The topological polar surface area (TPSA) is 159 Å². The number of fused-ring (bicyclic) bond motifs is 1. The van der Waals surface area contributed by atoms with Crippen molar-refractivity contribution in [3.05, 3.63) is 71.8 Å². The first-order chi connectivity index (χ1) is 17.7. The molecule has 2 fully saturated rings. The molecule has 4 amide bonds. The molecule has 2 aliphatic rings. The molecule has 0 saturated carbocycles. The van der Waals surface area contributed by atoms with Gasteiger partial charge in [0.1, 0.15) is 5.54 Å². The Bertz CT molecular complexity index is 1260. The number of carboxylic acid groups (broad SMARTS) is 1. The summed E-state index contributed by atoms with van der Waals surface area (Å²) < 4.78 is 0. The highest BCUT2D eigenvalue weighted by Crippen LogP contribution is 2.47. The van der Waals surface area contributed by atoms with Crippen molar-refractivity contribution in [1.29, 1.82) is 0 Å². The van der Waals surface area contributed by atoms with Gasteiger partial charge in [0, 0.05) is 18.2 Å². The molecule has 10 nitrogen and oxygen atoms in total. The number of amides is 4. The molecular formula is C27H28N4O6. The summed E-state index contributed by atoms with van der Waals surface area (Å²) in [6.07, 6.45) is 3.70. The number of carbonyl (C=O) groups is 5. The highest BCUT2D eigenvalue weighted by molar-refractivity contribution is 6.24. The minimum Gasteiger partial charge on any atom is -0.480 e. The van der Waals surface area contributed by atoms with Gasteiger partial charge in [-0.25, -0.2) is 9.69 Å². The van der Waals surface area contributed by atoms with Crippen LogP contribution in [0.3, 0.4) is 0 Å². The maximum Gasteiger partial charge on any atom is 0.324 e. The third kappa shape index (κ3) is 4.88. The Morgan fingerprint density at radius 1 is 1.08 bits per heavy atom. The van der Waals surface area contributed by atoms with Crippen molar-refractivity contribution in [2.45, 2.75) is 31.3 Å². The summed E-state index contributed by atoms with van der Waals surface area (Å²) in [7, 11) is 0. The normalized spacial score (nSPS) is 24.9. The molecule has 37 heavy (non-hydrogen) atoms. The van der Waals surface area contributed by atoms with Crippen molar-refractivity contribution >= 4 is 41.4 Å². The number of Topliss-reactive ketones (excluding diaryl/α,β-unsaturated/α-hetero) is 1. The van der Waals surface area contributed by atoms with Crippen LogP contribution in [0.25, 0.3) is 6.08 Å². The molecule has 10 heteroatoms. The first-order valence-corrected chi connectivity index (χ1v) is 11.9. The largest absolute Gasteiger partial charge is 0.480 e. The molecule has 192 valence electrons. The number of nitrogens with zero attached hydrogens (tertiary/aromatic N) is 1. The van der Waals surface area contributed by atoms with Gasteiger partial charge in [0.05, 0.1) is 17.5 Å². The van der Waals surface area contributed by atoms with Crippen molar-refractivity contribution in [2.75, 3.05) is 11.4 Å². The first-order valence-electron chi connectivity index (χ1n) is 11.9. The van der Waals surface area contributed by atoms with Crippen LogP contribution in [0.2, 0.25) is 0 Å². The van der Waals surface area contributed by atoms with E-state index >= 15 is 0 Å². The van der Waals surface area contributed by atoms with Crippen LogP contribution >= 0.6 is 0 Å². The number of primary amides is 1. The van der Waals surface area contributed by atoms with Gasteiger partial charge < -0.3 is 16.2 Å². The van der Waals surface area contributed by atoms with E-state index in [4.69, 9.17) is 5.73 Å². The van der Waals surface area contributed by atoms with Gasteiger partial charge in [-0.2, -0.15) is 0 Å². The van der Waals surface area contributed by atoms with Crippen molar-refractivity contribution in [3.8, 4) is 0 Å². The Labute approximate surface area is 213 Å². The minimum absolute atomic E-state index is 0.0183. The van der Waals surface area contributed by atoms with E-state index in [-0.39, 0.29) is 30.9 Å². The molecule has 2 heterocycles. The van der Waals surface area contributed by atoms with Crippen LogP contribution in [-0.4, -0.2) is 52.8 Å². The smallest absolute Gasteiger partial charge is 0.324 e. The molecule has 0 spiro atoms. The second-order valence-corrected chi connectivity index (χ2v) is 9.23. The molecule has 4 unspecified atom stereocenters. The van der Waals surface area contributed by atoms with Crippen LogP contribution in [0.1, 0.15) is 35.7 Å². The second-order valence-electron chi connectivity index (χ2n) is 9.23. The molecular weight excluding hydrogens is 476 g/mol. The van der Waals surface area contributed by atoms with E-state index in [1.54, 1.807) is 12.2 Å². The predicted molar refractivity (Wildman–Crippen MR) is 136 cm³/mol. The van der Waals surface area contributed by atoms with E-state index in [0.29, 0.717) is 5.56 Å². The summed E-state index contributed by atoms with van der Waals surface area (Å²) >= 11 is 0. The van der Waals surface area contributed by atoms with Gasteiger partial charge in [-0.05, 0) is 49.6 Å². The van der Waals surface area contributed by atoms with Crippen LogP contribution in [0, 0.1) is 11.8 Å². The SMILES string of the molecule is CC(=O)c1ccc(N2C(=O)C3C(C=Cc4ccccc4)NC(CCCNC(N)=O)(C(=O)O)C3C2=O)cc1. The molecule has 5 N–H and O–H groups in total. The number of carbonyl (C=O) groups excluding carboxylic acids is 4. The van der Waals surface area contributed by atoms with Gasteiger partial charge >= 0.3 is 12.0 Å². The number of benzene rings is 2. The van der Waals surface area contributed by atoms with E-state index < -0.39 is 47.2 Å². The fraction of sp³-hybridized carbons (Fsp3) is 0.296. The van der Waals surface area contributed by atoms with E-state index in [0.717, 1.165) is 10.5 Å². The zero-order chi connectivity index (χ0) is 26.7. The van der Waals surface area contributed by atoms with Crippen LogP contribution in [0.5, 0.6) is 0 Å². The molecule has 4 atom stereocenters. The van der Waals surface area contributed by atoms with E-state index in [9.17, 15) is 29.1 Å². The van der Waals surface area contributed by atoms with Crippen molar-refractivity contribution < 1.29 is 29.1 Å². The monoisotopic (exact) mass is 504 g/mol. The Kier molecular flexibility index (Phi) is 7.21. The van der Waals surface area contributed by atoms with Crippen molar-refractivity contribution in [1.82, 2.24) is 10.6 Å². The Hall–Kier alpha value is -4.31. The van der Waals surface area contributed by atoms with E-state index in [2.05, 4.69) is 10.6 Å². The lowest BCUT2D eigenvalue weighted by Gasteiger charge is -2.31. The Balaban J connectivity index is 1.72. The van der Waals surface area contributed by atoms with Gasteiger partial charge in [0.25, 0.3) is 0 Å². The molecule has 2 aromatic rings. The molecule has 0 radical (unpaired) electrons. The zero-order valence-corrected chi connectivity index (χ0v) is 20.2. The Morgan fingerprint density at radius 3 is 2.35 bits per heavy atom. The number of imide groups is 1. The van der Waals surface area contributed by atoms with Crippen molar-refractivity contribution in [2.24, 2.45) is 17.6 Å². The van der Waals surface area contributed by atoms with E-state index in [1.807, 2.05) is 30.3 Å².